The second kappa shape index (κ2) is 6.65. The van der Waals surface area contributed by atoms with E-state index in [-0.39, 0.29) is 12.7 Å². The zero-order valence-electron chi connectivity index (χ0n) is 11.6. The van der Waals surface area contributed by atoms with Crippen LogP contribution in [-0.2, 0) is 23.7 Å². The molecule has 108 valence electrons. The number of rotatable bonds is 5. The molecular weight excluding hydrogens is 260 g/mol. The molecule has 1 heterocycles. The van der Waals surface area contributed by atoms with E-state index in [4.69, 9.17) is 18.9 Å². The second-order valence-electron chi connectivity index (χ2n) is 4.49. The number of ether oxygens (including phenoxy) is 4. The van der Waals surface area contributed by atoms with Crippen molar-refractivity contribution in [1.82, 2.24) is 0 Å². The molecule has 0 aromatic heterocycles. The third-order valence-electron chi connectivity index (χ3n) is 2.91. The van der Waals surface area contributed by atoms with Crippen LogP contribution in [0.3, 0.4) is 0 Å². The first kappa shape index (κ1) is 14.7. The summed E-state index contributed by atoms with van der Waals surface area (Å²) in [5, 5.41) is 0. The van der Waals surface area contributed by atoms with Crippen LogP contribution in [0.5, 0.6) is 0 Å². The summed E-state index contributed by atoms with van der Waals surface area (Å²) >= 11 is 0. The minimum absolute atomic E-state index is 0.136. The van der Waals surface area contributed by atoms with Crippen LogP contribution in [0, 0.1) is 0 Å². The molecule has 1 aliphatic rings. The fraction of sp³-hybridized carbons (Fsp3) is 0.400. The third kappa shape index (κ3) is 4.16. The predicted molar refractivity (Wildman–Crippen MR) is 72.7 cm³/mol. The van der Waals surface area contributed by atoms with E-state index in [9.17, 15) is 4.79 Å². The van der Waals surface area contributed by atoms with E-state index in [0.717, 1.165) is 5.56 Å². The number of esters is 1. The Morgan fingerprint density at radius 3 is 2.85 bits per heavy atom. The maximum absolute atomic E-state index is 11.6. The van der Waals surface area contributed by atoms with Crippen LogP contribution in [0.2, 0.25) is 0 Å². The summed E-state index contributed by atoms with van der Waals surface area (Å²) in [6.45, 7) is 2.14. The first-order valence-corrected chi connectivity index (χ1v) is 6.38. The molecule has 0 bridgehead atoms. The zero-order chi connectivity index (χ0) is 14.4. The molecular formula is C15H18O5. The molecule has 1 aromatic carbocycles. The smallest absolute Gasteiger partial charge is 0.330 e. The standard InChI is InChI=1S/C15H18O5/c1-15(17-2)19-11-13(20-15)10-18-14(16)9-8-12-6-4-3-5-7-12/h3-9,13H,10-11H2,1-2H3. The Balaban J connectivity index is 1.75. The molecule has 0 amide bonds. The first-order chi connectivity index (χ1) is 9.61. The lowest BCUT2D eigenvalue weighted by Crippen LogP contribution is -2.30. The highest BCUT2D eigenvalue weighted by Crippen LogP contribution is 2.23. The van der Waals surface area contributed by atoms with Crippen LogP contribution in [0.25, 0.3) is 6.08 Å². The summed E-state index contributed by atoms with van der Waals surface area (Å²) in [6.07, 6.45) is 2.78. The summed E-state index contributed by atoms with van der Waals surface area (Å²) < 4.78 is 20.9. The molecule has 2 unspecified atom stereocenters. The van der Waals surface area contributed by atoms with Gasteiger partial charge in [-0.1, -0.05) is 30.3 Å². The van der Waals surface area contributed by atoms with Crippen LogP contribution in [0.1, 0.15) is 12.5 Å². The van der Waals surface area contributed by atoms with Gasteiger partial charge in [0.1, 0.15) is 12.7 Å². The fourth-order valence-corrected chi connectivity index (χ4v) is 1.76. The van der Waals surface area contributed by atoms with E-state index in [2.05, 4.69) is 0 Å². The fourth-order valence-electron chi connectivity index (χ4n) is 1.76. The minimum Gasteiger partial charge on any atom is -0.460 e. The highest BCUT2D eigenvalue weighted by Gasteiger charge is 2.37. The van der Waals surface area contributed by atoms with Gasteiger partial charge in [0.25, 0.3) is 5.97 Å². The summed E-state index contributed by atoms with van der Waals surface area (Å²) in [5.41, 5.74) is 0.942. The Morgan fingerprint density at radius 2 is 2.20 bits per heavy atom. The average molecular weight is 278 g/mol. The van der Waals surface area contributed by atoms with Crippen molar-refractivity contribution in [2.24, 2.45) is 0 Å². The number of hydrogen-bond donors (Lipinski definition) is 0. The van der Waals surface area contributed by atoms with Crippen LogP contribution in [0.4, 0.5) is 0 Å². The van der Waals surface area contributed by atoms with Crippen LogP contribution < -0.4 is 0 Å². The van der Waals surface area contributed by atoms with Crippen molar-refractivity contribution in [1.29, 1.82) is 0 Å². The van der Waals surface area contributed by atoms with Gasteiger partial charge in [-0.2, -0.15) is 0 Å². The lowest BCUT2D eigenvalue weighted by atomic mass is 10.2. The summed E-state index contributed by atoms with van der Waals surface area (Å²) in [7, 11) is 1.50. The van der Waals surface area contributed by atoms with Crippen LogP contribution in [0.15, 0.2) is 36.4 Å². The summed E-state index contributed by atoms with van der Waals surface area (Å²) in [4.78, 5) is 11.6. The molecule has 1 aliphatic heterocycles. The Kier molecular flexibility index (Phi) is 4.89. The minimum atomic E-state index is -1.04. The first-order valence-electron chi connectivity index (χ1n) is 6.38. The van der Waals surface area contributed by atoms with E-state index >= 15 is 0 Å². The maximum Gasteiger partial charge on any atom is 0.330 e. The lowest BCUT2D eigenvalue weighted by molar-refractivity contribution is -0.314. The highest BCUT2D eigenvalue weighted by atomic mass is 16.9. The molecule has 0 radical (unpaired) electrons. The molecule has 0 aliphatic carbocycles. The average Bonchev–Trinajstić information content (AvgIpc) is 2.86. The third-order valence-corrected chi connectivity index (χ3v) is 2.91. The van der Waals surface area contributed by atoms with Gasteiger partial charge in [0.05, 0.1) is 6.61 Å². The molecule has 1 fully saturated rings. The highest BCUT2D eigenvalue weighted by molar-refractivity contribution is 5.87. The van der Waals surface area contributed by atoms with Crippen molar-refractivity contribution in [3.8, 4) is 0 Å². The Labute approximate surface area is 118 Å². The molecule has 0 N–H and O–H groups in total. The largest absolute Gasteiger partial charge is 0.460 e. The van der Waals surface area contributed by atoms with Gasteiger partial charge in [-0.15, -0.1) is 0 Å². The number of hydrogen-bond acceptors (Lipinski definition) is 5. The van der Waals surface area contributed by atoms with Crippen molar-refractivity contribution in [2.45, 2.75) is 19.0 Å². The molecule has 1 aromatic rings. The van der Waals surface area contributed by atoms with Gasteiger partial charge in [-0.05, 0) is 11.6 Å². The van der Waals surface area contributed by atoms with Gasteiger partial charge in [-0.3, -0.25) is 0 Å². The molecule has 0 spiro atoms. The summed E-state index contributed by atoms with van der Waals surface area (Å²) in [5.74, 6) is -1.46. The van der Waals surface area contributed by atoms with Crippen molar-refractivity contribution in [2.75, 3.05) is 20.3 Å². The molecule has 0 saturated carbocycles. The van der Waals surface area contributed by atoms with Gasteiger partial charge >= 0.3 is 5.97 Å². The van der Waals surface area contributed by atoms with E-state index in [1.54, 1.807) is 13.0 Å². The van der Waals surface area contributed by atoms with Crippen LogP contribution in [-0.4, -0.2) is 38.4 Å². The van der Waals surface area contributed by atoms with E-state index in [1.165, 1.54) is 13.2 Å². The SMILES string of the molecule is COC1(C)OCC(COC(=O)C=Cc2ccccc2)O1. The van der Waals surface area contributed by atoms with Gasteiger partial charge in [-0.25, -0.2) is 4.79 Å². The molecule has 2 rings (SSSR count). The Bertz CT molecular complexity index is 470. The van der Waals surface area contributed by atoms with Gasteiger partial charge in [0.2, 0.25) is 0 Å². The summed E-state index contributed by atoms with van der Waals surface area (Å²) in [6, 6.07) is 9.53. The lowest BCUT2D eigenvalue weighted by Gasteiger charge is -2.20. The molecule has 5 nitrogen and oxygen atoms in total. The molecule has 5 heteroatoms. The molecule has 20 heavy (non-hydrogen) atoms. The van der Waals surface area contributed by atoms with E-state index < -0.39 is 11.9 Å². The number of methoxy groups -OCH3 is 1. The topological polar surface area (TPSA) is 54.0 Å². The molecule has 1 saturated heterocycles. The Morgan fingerprint density at radius 1 is 1.45 bits per heavy atom. The number of benzene rings is 1. The van der Waals surface area contributed by atoms with Crippen molar-refractivity contribution in [3.63, 3.8) is 0 Å². The van der Waals surface area contributed by atoms with Crippen LogP contribution >= 0.6 is 0 Å². The van der Waals surface area contributed by atoms with E-state index in [0.29, 0.717) is 6.61 Å². The zero-order valence-corrected chi connectivity index (χ0v) is 11.6. The van der Waals surface area contributed by atoms with Crippen molar-refractivity contribution < 1.29 is 23.7 Å². The Hall–Kier alpha value is -1.69. The van der Waals surface area contributed by atoms with Crippen molar-refractivity contribution >= 4 is 12.0 Å². The van der Waals surface area contributed by atoms with Gasteiger partial charge in [0, 0.05) is 20.1 Å². The molecule has 2 atom stereocenters. The maximum atomic E-state index is 11.6. The monoisotopic (exact) mass is 278 g/mol. The predicted octanol–water partition coefficient (Wildman–Crippen LogP) is 1.98. The normalized spacial score (nSPS) is 26.0. The second-order valence-corrected chi connectivity index (χ2v) is 4.49. The van der Waals surface area contributed by atoms with Gasteiger partial charge < -0.3 is 18.9 Å². The number of carbonyl (C=O) groups excluding carboxylic acids is 1. The van der Waals surface area contributed by atoms with Crippen molar-refractivity contribution in [3.05, 3.63) is 42.0 Å². The van der Waals surface area contributed by atoms with E-state index in [1.807, 2.05) is 30.3 Å². The number of carbonyl (C=O) groups is 1. The quantitative estimate of drug-likeness (QED) is 0.609. The van der Waals surface area contributed by atoms with Gasteiger partial charge in [0.15, 0.2) is 0 Å².